The maximum absolute atomic E-state index is 11.9. The van der Waals surface area contributed by atoms with Crippen molar-refractivity contribution in [2.75, 3.05) is 13.2 Å². The maximum atomic E-state index is 11.9. The van der Waals surface area contributed by atoms with Gasteiger partial charge in [0, 0.05) is 24.9 Å². The SMILES string of the molecule is CC(C)(CC(=O)NCc1cccc2c1OCCCO2)C(=O)O. The average molecular weight is 307 g/mol. The van der Waals surface area contributed by atoms with Crippen molar-refractivity contribution in [3.05, 3.63) is 23.8 Å². The van der Waals surface area contributed by atoms with E-state index >= 15 is 0 Å². The molecule has 1 aliphatic heterocycles. The molecule has 2 rings (SSSR count). The third-order valence-electron chi connectivity index (χ3n) is 3.51. The van der Waals surface area contributed by atoms with Crippen molar-refractivity contribution >= 4 is 11.9 Å². The van der Waals surface area contributed by atoms with Crippen LogP contribution in [0.2, 0.25) is 0 Å². The zero-order valence-corrected chi connectivity index (χ0v) is 12.8. The van der Waals surface area contributed by atoms with Gasteiger partial charge in [-0.3, -0.25) is 9.59 Å². The van der Waals surface area contributed by atoms with E-state index in [2.05, 4.69) is 5.32 Å². The van der Waals surface area contributed by atoms with Crippen LogP contribution in [0.4, 0.5) is 0 Å². The first-order valence-electron chi connectivity index (χ1n) is 7.28. The van der Waals surface area contributed by atoms with Crippen LogP contribution in [0, 0.1) is 5.41 Å². The van der Waals surface area contributed by atoms with Gasteiger partial charge in [-0.05, 0) is 19.9 Å². The molecule has 1 aromatic rings. The third-order valence-corrected chi connectivity index (χ3v) is 3.51. The van der Waals surface area contributed by atoms with Crippen molar-refractivity contribution in [3.8, 4) is 11.5 Å². The highest BCUT2D eigenvalue weighted by atomic mass is 16.5. The molecular weight excluding hydrogens is 286 g/mol. The van der Waals surface area contributed by atoms with Crippen LogP contribution in [-0.4, -0.2) is 30.2 Å². The number of para-hydroxylation sites is 1. The fourth-order valence-electron chi connectivity index (χ4n) is 2.13. The lowest BCUT2D eigenvalue weighted by molar-refractivity contribution is -0.149. The van der Waals surface area contributed by atoms with Gasteiger partial charge in [0.25, 0.3) is 0 Å². The Hall–Kier alpha value is -2.24. The van der Waals surface area contributed by atoms with E-state index < -0.39 is 11.4 Å². The van der Waals surface area contributed by atoms with Crippen LogP contribution in [0.1, 0.15) is 32.3 Å². The van der Waals surface area contributed by atoms with Gasteiger partial charge in [-0.15, -0.1) is 0 Å². The molecular formula is C16H21NO5. The number of aliphatic carboxylic acids is 1. The Labute approximate surface area is 129 Å². The first kappa shape index (κ1) is 16.1. The van der Waals surface area contributed by atoms with E-state index in [4.69, 9.17) is 14.6 Å². The molecule has 1 amide bonds. The summed E-state index contributed by atoms with van der Waals surface area (Å²) in [5.74, 6) is 0.0282. The van der Waals surface area contributed by atoms with Gasteiger partial charge in [0.05, 0.1) is 18.6 Å². The number of benzene rings is 1. The summed E-state index contributed by atoms with van der Waals surface area (Å²) in [4.78, 5) is 23.0. The topological polar surface area (TPSA) is 84.9 Å². The van der Waals surface area contributed by atoms with Crippen molar-refractivity contribution in [2.24, 2.45) is 5.41 Å². The molecule has 22 heavy (non-hydrogen) atoms. The lowest BCUT2D eigenvalue weighted by Crippen LogP contribution is -2.33. The summed E-state index contributed by atoms with van der Waals surface area (Å²) >= 11 is 0. The van der Waals surface area contributed by atoms with E-state index in [9.17, 15) is 9.59 Å². The summed E-state index contributed by atoms with van der Waals surface area (Å²) in [5, 5.41) is 11.8. The molecule has 0 aromatic heterocycles. The highest BCUT2D eigenvalue weighted by Crippen LogP contribution is 2.33. The Balaban J connectivity index is 2.00. The Kier molecular flexibility index (Phi) is 4.90. The number of rotatable bonds is 5. The molecule has 0 saturated heterocycles. The Morgan fingerprint density at radius 1 is 1.27 bits per heavy atom. The van der Waals surface area contributed by atoms with Crippen LogP contribution in [0.25, 0.3) is 0 Å². The number of hydrogen-bond donors (Lipinski definition) is 2. The second-order valence-corrected chi connectivity index (χ2v) is 5.94. The van der Waals surface area contributed by atoms with Gasteiger partial charge in [0.1, 0.15) is 0 Å². The van der Waals surface area contributed by atoms with Gasteiger partial charge in [-0.2, -0.15) is 0 Å². The number of hydrogen-bond acceptors (Lipinski definition) is 4. The lowest BCUT2D eigenvalue weighted by Gasteiger charge is -2.18. The molecule has 6 heteroatoms. The van der Waals surface area contributed by atoms with Crippen LogP contribution in [-0.2, 0) is 16.1 Å². The second kappa shape index (κ2) is 6.68. The zero-order chi connectivity index (χ0) is 16.2. The fourth-order valence-corrected chi connectivity index (χ4v) is 2.13. The Bertz CT molecular complexity index is 568. The summed E-state index contributed by atoms with van der Waals surface area (Å²) in [6, 6.07) is 5.53. The molecule has 0 radical (unpaired) electrons. The van der Waals surface area contributed by atoms with Gasteiger partial charge >= 0.3 is 5.97 Å². The van der Waals surface area contributed by atoms with E-state index in [1.165, 1.54) is 13.8 Å². The van der Waals surface area contributed by atoms with Gasteiger partial charge in [0.15, 0.2) is 11.5 Å². The summed E-state index contributed by atoms with van der Waals surface area (Å²) in [7, 11) is 0. The van der Waals surface area contributed by atoms with Crippen molar-refractivity contribution < 1.29 is 24.2 Å². The lowest BCUT2D eigenvalue weighted by atomic mass is 9.89. The first-order valence-corrected chi connectivity index (χ1v) is 7.28. The van der Waals surface area contributed by atoms with Gasteiger partial charge in [-0.25, -0.2) is 0 Å². The minimum Gasteiger partial charge on any atom is -0.490 e. The number of carboxylic acids is 1. The normalized spacial score (nSPS) is 14.1. The minimum absolute atomic E-state index is 0.0747. The summed E-state index contributed by atoms with van der Waals surface area (Å²) in [5.41, 5.74) is -0.266. The number of carboxylic acid groups (broad SMARTS) is 1. The van der Waals surface area contributed by atoms with E-state index in [1.807, 2.05) is 18.2 Å². The van der Waals surface area contributed by atoms with Gasteiger partial charge in [-0.1, -0.05) is 12.1 Å². The second-order valence-electron chi connectivity index (χ2n) is 5.94. The largest absolute Gasteiger partial charge is 0.490 e. The molecule has 0 fully saturated rings. The van der Waals surface area contributed by atoms with Crippen LogP contribution >= 0.6 is 0 Å². The molecule has 0 unspecified atom stereocenters. The van der Waals surface area contributed by atoms with E-state index in [-0.39, 0.29) is 18.9 Å². The Morgan fingerprint density at radius 2 is 2.00 bits per heavy atom. The van der Waals surface area contributed by atoms with Crippen molar-refractivity contribution in [1.29, 1.82) is 0 Å². The van der Waals surface area contributed by atoms with E-state index in [0.717, 1.165) is 12.0 Å². The first-order chi connectivity index (χ1) is 10.4. The minimum atomic E-state index is -1.09. The van der Waals surface area contributed by atoms with E-state index in [1.54, 1.807) is 0 Å². The molecule has 6 nitrogen and oxygen atoms in total. The maximum Gasteiger partial charge on any atom is 0.309 e. The number of fused-ring (bicyclic) bond motifs is 1. The van der Waals surface area contributed by atoms with Crippen LogP contribution in [0.5, 0.6) is 11.5 Å². The highest BCUT2D eigenvalue weighted by molar-refractivity contribution is 5.84. The van der Waals surface area contributed by atoms with Crippen molar-refractivity contribution in [2.45, 2.75) is 33.2 Å². The smallest absolute Gasteiger partial charge is 0.309 e. The standard InChI is InChI=1S/C16H21NO5/c1-16(2,15(19)20)9-13(18)17-10-11-5-3-6-12-14(11)22-8-4-7-21-12/h3,5-6H,4,7-10H2,1-2H3,(H,17,18)(H,19,20). The fraction of sp³-hybridized carbons (Fsp3) is 0.500. The summed E-state index contributed by atoms with van der Waals surface area (Å²) < 4.78 is 11.3. The third kappa shape index (κ3) is 3.90. The van der Waals surface area contributed by atoms with Crippen LogP contribution in [0.3, 0.4) is 0 Å². The predicted molar refractivity (Wildman–Crippen MR) is 79.9 cm³/mol. The number of nitrogens with one attached hydrogen (secondary N) is 1. The number of amides is 1. The van der Waals surface area contributed by atoms with Crippen molar-refractivity contribution in [3.63, 3.8) is 0 Å². The highest BCUT2D eigenvalue weighted by Gasteiger charge is 2.30. The molecule has 2 N–H and O–H groups in total. The Morgan fingerprint density at radius 3 is 2.73 bits per heavy atom. The molecule has 1 aromatic carbocycles. The van der Waals surface area contributed by atoms with Crippen LogP contribution < -0.4 is 14.8 Å². The number of ether oxygens (including phenoxy) is 2. The van der Waals surface area contributed by atoms with Gasteiger partial charge < -0.3 is 19.9 Å². The predicted octanol–water partition coefficient (Wildman–Crippen LogP) is 1.97. The average Bonchev–Trinajstić information content (AvgIpc) is 2.70. The zero-order valence-electron chi connectivity index (χ0n) is 12.8. The van der Waals surface area contributed by atoms with E-state index in [0.29, 0.717) is 24.7 Å². The molecule has 1 aliphatic rings. The molecule has 0 spiro atoms. The molecule has 0 saturated carbocycles. The van der Waals surface area contributed by atoms with Crippen molar-refractivity contribution in [1.82, 2.24) is 5.32 Å². The number of carbonyl (C=O) groups excluding carboxylic acids is 1. The number of carbonyl (C=O) groups is 2. The molecule has 0 atom stereocenters. The summed E-state index contributed by atoms with van der Waals surface area (Å²) in [6.07, 6.45) is 0.738. The van der Waals surface area contributed by atoms with Gasteiger partial charge in [0.2, 0.25) is 5.91 Å². The monoisotopic (exact) mass is 307 g/mol. The molecule has 1 heterocycles. The molecule has 0 bridgehead atoms. The summed E-state index contributed by atoms with van der Waals surface area (Å²) in [6.45, 7) is 4.52. The molecule has 120 valence electrons. The molecule has 0 aliphatic carbocycles. The quantitative estimate of drug-likeness (QED) is 0.868. The van der Waals surface area contributed by atoms with Crippen LogP contribution in [0.15, 0.2) is 18.2 Å².